The molecule has 0 fully saturated rings. The van der Waals surface area contributed by atoms with Gasteiger partial charge in [0.1, 0.15) is 11.3 Å². The third kappa shape index (κ3) is 5.73. The number of rotatable bonds is 9. The van der Waals surface area contributed by atoms with Crippen molar-refractivity contribution in [1.29, 1.82) is 0 Å². The highest BCUT2D eigenvalue weighted by molar-refractivity contribution is 7.23. The normalized spacial score (nSPS) is 10.6. The van der Waals surface area contributed by atoms with Crippen molar-refractivity contribution in [1.82, 2.24) is 14.5 Å². The molecule has 0 bridgehead atoms. The van der Waals surface area contributed by atoms with Gasteiger partial charge in [0.2, 0.25) is 0 Å². The number of para-hydroxylation sites is 1. The Morgan fingerprint density at radius 1 is 1.24 bits per heavy atom. The number of imidazole rings is 1. The first-order valence-electron chi connectivity index (χ1n) is 9.83. The quantitative estimate of drug-likeness (QED) is 0.308. The predicted octanol–water partition coefficient (Wildman–Crippen LogP) is 5.22. The fourth-order valence-electron chi connectivity index (χ4n) is 3.16. The van der Waals surface area contributed by atoms with Crippen molar-refractivity contribution in [2.45, 2.75) is 13.0 Å². The summed E-state index contributed by atoms with van der Waals surface area (Å²) in [5, 5.41) is 0.997. The first kappa shape index (κ1) is 24.8. The van der Waals surface area contributed by atoms with E-state index in [2.05, 4.69) is 9.97 Å². The number of benzene rings is 2. The molecule has 0 aliphatic rings. The summed E-state index contributed by atoms with van der Waals surface area (Å²) in [6.07, 6.45) is 5.93. The molecule has 4 aromatic rings. The second-order valence-corrected chi connectivity index (χ2v) is 8.23. The van der Waals surface area contributed by atoms with E-state index in [-0.39, 0.29) is 30.7 Å². The number of hydrogen-bond acceptors (Lipinski definition) is 6. The SMILES string of the molecule is COc1ccc(Cl)c2sc(N(CCCn3ccnc3)C(=O)COc3ccccc3F)nc12.Cl. The molecule has 0 radical (unpaired) electrons. The fourth-order valence-corrected chi connectivity index (χ4v) is 4.46. The molecule has 0 aliphatic carbocycles. The molecule has 0 N–H and O–H groups in total. The van der Waals surface area contributed by atoms with Crippen LogP contribution in [0, 0.1) is 5.82 Å². The molecule has 0 unspecified atom stereocenters. The Hall–Kier alpha value is -2.88. The molecule has 2 aromatic heterocycles. The lowest BCUT2D eigenvalue weighted by molar-refractivity contribution is -0.120. The van der Waals surface area contributed by atoms with E-state index in [1.807, 2.05) is 10.8 Å². The highest BCUT2D eigenvalue weighted by Crippen LogP contribution is 2.38. The first-order valence-corrected chi connectivity index (χ1v) is 11.0. The van der Waals surface area contributed by atoms with Crippen molar-refractivity contribution in [3.8, 4) is 11.5 Å². The molecular formula is C22H21Cl2FN4O3S. The van der Waals surface area contributed by atoms with Crippen LogP contribution in [-0.2, 0) is 11.3 Å². The Balaban J connectivity index is 0.00000306. The largest absolute Gasteiger partial charge is 0.494 e. The highest BCUT2D eigenvalue weighted by atomic mass is 35.5. The number of carbonyl (C=O) groups is 1. The number of anilines is 1. The number of hydrogen-bond donors (Lipinski definition) is 0. The number of amides is 1. The minimum atomic E-state index is -0.525. The molecule has 33 heavy (non-hydrogen) atoms. The molecule has 7 nitrogen and oxygen atoms in total. The van der Waals surface area contributed by atoms with Gasteiger partial charge in [0, 0.05) is 25.5 Å². The fraction of sp³-hybridized carbons (Fsp3) is 0.227. The molecule has 2 aromatic carbocycles. The number of aryl methyl sites for hydroxylation is 1. The molecule has 11 heteroatoms. The number of halogens is 3. The summed E-state index contributed by atoms with van der Waals surface area (Å²) < 4.78 is 27.4. The van der Waals surface area contributed by atoms with Gasteiger partial charge in [-0.15, -0.1) is 12.4 Å². The predicted molar refractivity (Wildman–Crippen MR) is 130 cm³/mol. The van der Waals surface area contributed by atoms with E-state index in [1.165, 1.54) is 28.4 Å². The van der Waals surface area contributed by atoms with E-state index in [1.54, 1.807) is 43.9 Å². The first-order chi connectivity index (χ1) is 15.6. The van der Waals surface area contributed by atoms with Gasteiger partial charge in [0.15, 0.2) is 23.3 Å². The minimum absolute atomic E-state index is 0. The number of aromatic nitrogens is 3. The maximum Gasteiger partial charge on any atom is 0.266 e. The van der Waals surface area contributed by atoms with Crippen LogP contribution in [0.4, 0.5) is 9.52 Å². The summed E-state index contributed by atoms with van der Waals surface area (Å²) in [4.78, 5) is 23.3. The van der Waals surface area contributed by atoms with E-state index < -0.39 is 5.82 Å². The van der Waals surface area contributed by atoms with Crippen LogP contribution in [0.25, 0.3) is 10.2 Å². The van der Waals surface area contributed by atoms with E-state index in [9.17, 15) is 9.18 Å². The molecular weight excluding hydrogens is 490 g/mol. The average molecular weight is 511 g/mol. The van der Waals surface area contributed by atoms with Crippen molar-refractivity contribution in [2.24, 2.45) is 0 Å². The van der Waals surface area contributed by atoms with Crippen molar-refractivity contribution in [2.75, 3.05) is 25.2 Å². The number of methoxy groups -OCH3 is 1. The second-order valence-electron chi connectivity index (χ2n) is 6.84. The number of fused-ring (bicyclic) bond motifs is 1. The van der Waals surface area contributed by atoms with Gasteiger partial charge in [-0.2, -0.15) is 0 Å². The van der Waals surface area contributed by atoms with Gasteiger partial charge in [-0.3, -0.25) is 9.69 Å². The van der Waals surface area contributed by atoms with Crippen LogP contribution in [0.3, 0.4) is 0 Å². The van der Waals surface area contributed by atoms with Gasteiger partial charge in [0.05, 0.1) is 23.2 Å². The zero-order valence-corrected chi connectivity index (χ0v) is 20.0. The van der Waals surface area contributed by atoms with Crippen molar-refractivity contribution in [3.05, 3.63) is 66.0 Å². The number of thiazole rings is 1. The number of nitrogens with zero attached hydrogens (tertiary/aromatic N) is 4. The van der Waals surface area contributed by atoms with Gasteiger partial charge in [-0.25, -0.2) is 14.4 Å². The summed E-state index contributed by atoms with van der Waals surface area (Å²) in [6, 6.07) is 9.44. The Labute approximate surface area is 205 Å². The van der Waals surface area contributed by atoms with E-state index in [0.29, 0.717) is 40.9 Å². The molecule has 0 saturated carbocycles. The lowest BCUT2D eigenvalue weighted by Gasteiger charge is -2.20. The van der Waals surface area contributed by atoms with Crippen LogP contribution in [-0.4, -0.2) is 40.7 Å². The summed E-state index contributed by atoms with van der Waals surface area (Å²) in [6.45, 7) is 0.733. The van der Waals surface area contributed by atoms with Gasteiger partial charge >= 0.3 is 0 Å². The zero-order chi connectivity index (χ0) is 22.5. The Kier molecular flexibility index (Phi) is 8.49. The van der Waals surface area contributed by atoms with Crippen LogP contribution in [0.2, 0.25) is 5.02 Å². The maximum absolute atomic E-state index is 13.9. The maximum atomic E-state index is 13.9. The molecule has 1 amide bonds. The van der Waals surface area contributed by atoms with Crippen molar-refractivity contribution >= 4 is 56.6 Å². The van der Waals surface area contributed by atoms with E-state index in [0.717, 1.165) is 4.70 Å². The monoisotopic (exact) mass is 510 g/mol. The molecule has 4 rings (SSSR count). The number of carbonyl (C=O) groups excluding carboxylic acids is 1. The Bertz CT molecular complexity index is 1220. The van der Waals surface area contributed by atoms with Gasteiger partial charge in [0.25, 0.3) is 5.91 Å². The minimum Gasteiger partial charge on any atom is -0.494 e. The molecule has 0 atom stereocenters. The Morgan fingerprint density at radius 3 is 2.79 bits per heavy atom. The van der Waals surface area contributed by atoms with Crippen LogP contribution >= 0.6 is 35.3 Å². The lowest BCUT2D eigenvalue weighted by atomic mass is 10.3. The molecule has 0 aliphatic heterocycles. The molecule has 2 heterocycles. The smallest absolute Gasteiger partial charge is 0.266 e. The van der Waals surface area contributed by atoms with Crippen molar-refractivity contribution < 1.29 is 18.7 Å². The Morgan fingerprint density at radius 2 is 2.06 bits per heavy atom. The van der Waals surface area contributed by atoms with Crippen LogP contribution < -0.4 is 14.4 Å². The van der Waals surface area contributed by atoms with Crippen LogP contribution in [0.5, 0.6) is 11.5 Å². The average Bonchev–Trinajstić information content (AvgIpc) is 3.47. The third-order valence-electron chi connectivity index (χ3n) is 4.74. The van der Waals surface area contributed by atoms with Crippen molar-refractivity contribution in [3.63, 3.8) is 0 Å². The van der Waals surface area contributed by atoms with Gasteiger partial charge in [-0.05, 0) is 30.7 Å². The summed E-state index contributed by atoms with van der Waals surface area (Å²) in [7, 11) is 1.55. The lowest BCUT2D eigenvalue weighted by Crippen LogP contribution is -2.36. The molecule has 0 spiro atoms. The topological polar surface area (TPSA) is 69.5 Å². The summed E-state index contributed by atoms with van der Waals surface area (Å²) >= 11 is 7.64. The van der Waals surface area contributed by atoms with Gasteiger partial charge in [-0.1, -0.05) is 35.1 Å². The highest BCUT2D eigenvalue weighted by Gasteiger charge is 2.22. The second kappa shape index (κ2) is 11.3. The summed E-state index contributed by atoms with van der Waals surface area (Å²) in [5.41, 5.74) is 0.586. The van der Waals surface area contributed by atoms with E-state index in [4.69, 9.17) is 21.1 Å². The third-order valence-corrected chi connectivity index (χ3v) is 6.28. The number of ether oxygens (including phenoxy) is 2. The van der Waals surface area contributed by atoms with E-state index >= 15 is 0 Å². The van der Waals surface area contributed by atoms with Gasteiger partial charge < -0.3 is 14.0 Å². The van der Waals surface area contributed by atoms with Crippen LogP contribution in [0.1, 0.15) is 6.42 Å². The molecule has 174 valence electrons. The zero-order valence-electron chi connectivity index (χ0n) is 17.6. The molecule has 0 saturated heterocycles. The summed E-state index contributed by atoms with van der Waals surface area (Å²) in [5.74, 6) is -0.273. The van der Waals surface area contributed by atoms with Crippen LogP contribution in [0.15, 0.2) is 55.1 Å². The standard InChI is InChI=1S/C22H20ClFN4O3S.ClH/c1-30-18-8-7-15(23)21-20(18)26-22(32-21)28(11-4-10-27-12-9-25-14-27)19(29)13-31-17-6-3-2-5-16(17)24;/h2-3,5-9,12,14H,4,10-11,13H2,1H3;1H.